The smallest absolute Gasteiger partial charge is 0.126 e. The van der Waals surface area contributed by atoms with Crippen LogP contribution in [-0.4, -0.2) is 18.8 Å². The molecule has 0 spiro atoms. The predicted octanol–water partition coefficient (Wildman–Crippen LogP) is 3.82. The van der Waals surface area contributed by atoms with Crippen molar-refractivity contribution in [2.75, 3.05) is 13.7 Å². The topological polar surface area (TPSA) is 29.5 Å². The molecular formula is C16H24O2. The molecule has 100 valence electrons. The number of hydrogen-bond donors (Lipinski definition) is 1. The lowest BCUT2D eigenvalue weighted by atomic mass is 10.0. The van der Waals surface area contributed by atoms with E-state index in [0.29, 0.717) is 5.92 Å². The minimum Gasteiger partial charge on any atom is -0.496 e. The van der Waals surface area contributed by atoms with Gasteiger partial charge in [-0.25, -0.2) is 0 Å². The molecule has 0 saturated heterocycles. The first kappa shape index (κ1) is 14.8. The fourth-order valence-electron chi connectivity index (χ4n) is 1.87. The van der Waals surface area contributed by atoms with Crippen molar-refractivity contribution in [1.29, 1.82) is 0 Å². The summed E-state index contributed by atoms with van der Waals surface area (Å²) in [6.07, 6.45) is 7.54. The summed E-state index contributed by atoms with van der Waals surface area (Å²) in [6.45, 7) is 4.45. The molecule has 1 aromatic rings. The van der Waals surface area contributed by atoms with Gasteiger partial charge >= 0.3 is 0 Å². The third-order valence-corrected chi connectivity index (χ3v) is 3.06. The second-order valence-electron chi connectivity index (χ2n) is 4.87. The van der Waals surface area contributed by atoms with E-state index in [1.54, 1.807) is 7.11 Å². The van der Waals surface area contributed by atoms with Crippen molar-refractivity contribution in [3.05, 3.63) is 35.4 Å². The van der Waals surface area contributed by atoms with E-state index in [1.165, 1.54) is 5.56 Å². The molecule has 1 rings (SSSR count). The summed E-state index contributed by atoms with van der Waals surface area (Å²) in [6, 6.07) is 6.19. The summed E-state index contributed by atoms with van der Waals surface area (Å²) < 4.78 is 5.33. The van der Waals surface area contributed by atoms with E-state index in [0.717, 1.165) is 30.6 Å². The van der Waals surface area contributed by atoms with Crippen LogP contribution in [0.2, 0.25) is 0 Å². The van der Waals surface area contributed by atoms with Gasteiger partial charge in [-0.1, -0.05) is 30.7 Å². The quantitative estimate of drug-likeness (QED) is 0.743. The van der Waals surface area contributed by atoms with Crippen LogP contribution >= 0.6 is 0 Å². The number of aliphatic hydroxyl groups is 1. The molecular weight excluding hydrogens is 224 g/mol. The maximum atomic E-state index is 8.93. The second-order valence-corrected chi connectivity index (χ2v) is 4.87. The minimum absolute atomic E-state index is 0.287. The standard InChI is InChI=1S/C16H24O2/c1-13-9-10-16(18-3)15(11-13)8-6-4-5-7-14(2)12-17/h6,8-11,14,17H,4-5,7,12H2,1-3H3/b8-6+. The van der Waals surface area contributed by atoms with E-state index in [1.807, 2.05) is 6.07 Å². The van der Waals surface area contributed by atoms with Gasteiger partial charge < -0.3 is 9.84 Å². The average Bonchev–Trinajstić information content (AvgIpc) is 2.38. The molecule has 1 aromatic carbocycles. The molecule has 1 unspecified atom stereocenters. The van der Waals surface area contributed by atoms with Crippen molar-refractivity contribution in [3.63, 3.8) is 0 Å². The van der Waals surface area contributed by atoms with Gasteiger partial charge in [-0.15, -0.1) is 0 Å². The Morgan fingerprint density at radius 3 is 2.83 bits per heavy atom. The van der Waals surface area contributed by atoms with Gasteiger partial charge in [0.05, 0.1) is 7.11 Å². The zero-order chi connectivity index (χ0) is 13.4. The Hall–Kier alpha value is -1.28. The Morgan fingerprint density at radius 2 is 2.17 bits per heavy atom. The molecule has 0 bridgehead atoms. The van der Waals surface area contributed by atoms with E-state index in [4.69, 9.17) is 9.84 Å². The maximum absolute atomic E-state index is 8.93. The molecule has 0 heterocycles. The molecule has 0 aromatic heterocycles. The third kappa shape index (κ3) is 4.92. The van der Waals surface area contributed by atoms with Gasteiger partial charge in [-0.05, 0) is 44.2 Å². The van der Waals surface area contributed by atoms with E-state index in [-0.39, 0.29) is 6.61 Å². The van der Waals surface area contributed by atoms with Crippen molar-refractivity contribution in [2.24, 2.45) is 5.92 Å². The number of unbranched alkanes of at least 4 members (excludes halogenated alkanes) is 1. The largest absolute Gasteiger partial charge is 0.496 e. The Labute approximate surface area is 110 Å². The highest BCUT2D eigenvalue weighted by molar-refractivity contribution is 5.58. The molecule has 0 saturated carbocycles. The molecule has 0 aliphatic heterocycles. The molecule has 0 aliphatic carbocycles. The van der Waals surface area contributed by atoms with Crippen LogP contribution in [0.15, 0.2) is 24.3 Å². The first-order chi connectivity index (χ1) is 8.67. The van der Waals surface area contributed by atoms with E-state index >= 15 is 0 Å². The van der Waals surface area contributed by atoms with Crippen molar-refractivity contribution in [1.82, 2.24) is 0 Å². The monoisotopic (exact) mass is 248 g/mol. The van der Waals surface area contributed by atoms with Gasteiger partial charge in [-0.3, -0.25) is 0 Å². The van der Waals surface area contributed by atoms with Crippen molar-refractivity contribution >= 4 is 6.08 Å². The zero-order valence-corrected chi connectivity index (χ0v) is 11.6. The van der Waals surface area contributed by atoms with Crippen molar-refractivity contribution < 1.29 is 9.84 Å². The lowest BCUT2D eigenvalue weighted by Crippen LogP contribution is -1.99. The van der Waals surface area contributed by atoms with Crippen LogP contribution in [-0.2, 0) is 0 Å². The zero-order valence-electron chi connectivity index (χ0n) is 11.6. The van der Waals surface area contributed by atoms with Crippen LogP contribution in [0.5, 0.6) is 5.75 Å². The van der Waals surface area contributed by atoms with Crippen LogP contribution in [0.1, 0.15) is 37.3 Å². The van der Waals surface area contributed by atoms with Crippen molar-refractivity contribution in [2.45, 2.75) is 33.1 Å². The number of aliphatic hydroxyl groups excluding tert-OH is 1. The molecule has 0 amide bonds. The Kier molecular flexibility index (Phi) is 6.51. The maximum Gasteiger partial charge on any atom is 0.126 e. The molecule has 0 aliphatic rings. The highest BCUT2D eigenvalue weighted by Crippen LogP contribution is 2.21. The number of allylic oxidation sites excluding steroid dienone is 1. The van der Waals surface area contributed by atoms with E-state index < -0.39 is 0 Å². The summed E-state index contributed by atoms with van der Waals surface area (Å²) in [7, 11) is 1.70. The van der Waals surface area contributed by atoms with Crippen LogP contribution in [0, 0.1) is 12.8 Å². The molecule has 18 heavy (non-hydrogen) atoms. The Bertz CT molecular complexity index is 383. The Morgan fingerprint density at radius 1 is 1.39 bits per heavy atom. The van der Waals surface area contributed by atoms with Gasteiger partial charge in [0, 0.05) is 12.2 Å². The first-order valence-electron chi connectivity index (χ1n) is 6.59. The van der Waals surface area contributed by atoms with E-state index in [9.17, 15) is 0 Å². The van der Waals surface area contributed by atoms with E-state index in [2.05, 4.69) is 38.1 Å². The van der Waals surface area contributed by atoms with Crippen LogP contribution < -0.4 is 4.74 Å². The first-order valence-corrected chi connectivity index (χ1v) is 6.59. The highest BCUT2D eigenvalue weighted by Gasteiger charge is 2.00. The Balaban J connectivity index is 2.48. The number of benzene rings is 1. The third-order valence-electron chi connectivity index (χ3n) is 3.06. The predicted molar refractivity (Wildman–Crippen MR) is 76.9 cm³/mol. The second kappa shape index (κ2) is 7.93. The molecule has 2 heteroatoms. The molecule has 0 fully saturated rings. The fraction of sp³-hybridized carbons (Fsp3) is 0.500. The minimum atomic E-state index is 0.287. The summed E-state index contributed by atoms with van der Waals surface area (Å²) in [4.78, 5) is 0. The van der Waals surface area contributed by atoms with Crippen LogP contribution in [0.25, 0.3) is 6.08 Å². The van der Waals surface area contributed by atoms with Gasteiger partial charge in [0.25, 0.3) is 0 Å². The summed E-state index contributed by atoms with van der Waals surface area (Å²) in [5.41, 5.74) is 2.37. The highest BCUT2D eigenvalue weighted by atomic mass is 16.5. The number of methoxy groups -OCH3 is 1. The van der Waals surface area contributed by atoms with Crippen LogP contribution in [0.4, 0.5) is 0 Å². The van der Waals surface area contributed by atoms with Gasteiger partial charge in [-0.2, -0.15) is 0 Å². The lowest BCUT2D eigenvalue weighted by Gasteiger charge is -2.06. The van der Waals surface area contributed by atoms with Crippen molar-refractivity contribution in [3.8, 4) is 5.75 Å². The molecule has 1 atom stereocenters. The van der Waals surface area contributed by atoms with Gasteiger partial charge in [0.2, 0.25) is 0 Å². The average molecular weight is 248 g/mol. The lowest BCUT2D eigenvalue weighted by molar-refractivity contribution is 0.228. The number of hydrogen-bond acceptors (Lipinski definition) is 2. The number of aryl methyl sites for hydroxylation is 1. The number of ether oxygens (including phenoxy) is 1. The molecule has 1 N–H and O–H groups in total. The summed E-state index contributed by atoms with van der Waals surface area (Å²) >= 11 is 0. The van der Waals surface area contributed by atoms with Gasteiger partial charge in [0.15, 0.2) is 0 Å². The van der Waals surface area contributed by atoms with Gasteiger partial charge in [0.1, 0.15) is 5.75 Å². The fourth-order valence-corrected chi connectivity index (χ4v) is 1.87. The SMILES string of the molecule is COc1ccc(C)cc1/C=C/CCCC(C)CO. The van der Waals surface area contributed by atoms with Crippen LogP contribution in [0.3, 0.4) is 0 Å². The normalized spacial score (nSPS) is 12.9. The summed E-state index contributed by atoms with van der Waals surface area (Å²) in [5.74, 6) is 1.33. The summed E-state index contributed by atoms with van der Waals surface area (Å²) in [5, 5.41) is 8.93. The molecule has 2 nitrogen and oxygen atoms in total. The molecule has 0 radical (unpaired) electrons. The number of rotatable bonds is 7.